The lowest BCUT2D eigenvalue weighted by Gasteiger charge is -2.14. The van der Waals surface area contributed by atoms with Crippen molar-refractivity contribution in [3.05, 3.63) is 91.6 Å². The van der Waals surface area contributed by atoms with Crippen molar-refractivity contribution >= 4 is 44.2 Å². The van der Waals surface area contributed by atoms with E-state index in [4.69, 9.17) is 4.98 Å². The predicted molar refractivity (Wildman–Crippen MR) is 127 cm³/mol. The quantitative estimate of drug-likeness (QED) is 0.323. The molecule has 2 aromatic carbocycles. The molecule has 5 aromatic rings. The van der Waals surface area contributed by atoms with Gasteiger partial charge in [0.15, 0.2) is 5.16 Å². The van der Waals surface area contributed by atoms with E-state index in [2.05, 4.69) is 9.97 Å². The third-order valence-electron chi connectivity index (χ3n) is 5.20. The zero-order valence-electron chi connectivity index (χ0n) is 16.9. The van der Waals surface area contributed by atoms with Crippen molar-refractivity contribution in [1.82, 2.24) is 19.5 Å². The van der Waals surface area contributed by atoms with Crippen LogP contribution < -0.4 is 11.1 Å². The number of rotatable bonds is 4. The number of nitrogens with one attached hydrogen (secondary N) is 1. The van der Waals surface area contributed by atoms with Crippen LogP contribution in [0.1, 0.15) is 17.0 Å². The van der Waals surface area contributed by atoms with Gasteiger partial charge in [0, 0.05) is 0 Å². The maximum atomic E-state index is 13.4. The minimum atomic E-state index is -0.145. The molecular formula is C23H18N4O2S2. The van der Waals surface area contributed by atoms with Crippen LogP contribution in [0.4, 0.5) is 0 Å². The summed E-state index contributed by atoms with van der Waals surface area (Å²) in [4.78, 5) is 37.8. The van der Waals surface area contributed by atoms with Gasteiger partial charge in [0.2, 0.25) is 0 Å². The molecule has 0 bridgehead atoms. The van der Waals surface area contributed by atoms with Crippen molar-refractivity contribution < 1.29 is 0 Å². The van der Waals surface area contributed by atoms with Crippen molar-refractivity contribution in [1.29, 1.82) is 0 Å². The van der Waals surface area contributed by atoms with Crippen LogP contribution in [-0.4, -0.2) is 19.5 Å². The van der Waals surface area contributed by atoms with Gasteiger partial charge in [-0.3, -0.25) is 14.2 Å². The topological polar surface area (TPSA) is 80.6 Å². The van der Waals surface area contributed by atoms with Crippen molar-refractivity contribution in [2.75, 3.05) is 0 Å². The number of benzene rings is 2. The second-order valence-corrected chi connectivity index (χ2v) is 9.12. The normalized spacial score (nSPS) is 11.4. The molecule has 0 spiro atoms. The molecule has 0 atom stereocenters. The van der Waals surface area contributed by atoms with E-state index >= 15 is 0 Å². The number of fused-ring (bicyclic) bond motifs is 2. The van der Waals surface area contributed by atoms with Gasteiger partial charge in [-0.05, 0) is 60.7 Å². The number of aryl methyl sites for hydroxylation is 2. The Morgan fingerprint density at radius 1 is 1.00 bits per heavy atom. The number of aromatic amines is 1. The first-order chi connectivity index (χ1) is 15.0. The van der Waals surface area contributed by atoms with Gasteiger partial charge in [0.05, 0.1) is 27.9 Å². The van der Waals surface area contributed by atoms with Crippen LogP contribution in [0, 0.1) is 13.8 Å². The van der Waals surface area contributed by atoms with Gasteiger partial charge in [-0.1, -0.05) is 30.0 Å². The number of aromatic nitrogens is 4. The van der Waals surface area contributed by atoms with Gasteiger partial charge in [-0.2, -0.15) is 0 Å². The van der Waals surface area contributed by atoms with Crippen LogP contribution in [0.3, 0.4) is 0 Å². The first-order valence-electron chi connectivity index (χ1n) is 9.70. The summed E-state index contributed by atoms with van der Waals surface area (Å²) >= 11 is 2.75. The van der Waals surface area contributed by atoms with Gasteiger partial charge in [-0.15, -0.1) is 11.3 Å². The number of para-hydroxylation sites is 1. The Balaban J connectivity index is 1.63. The second-order valence-electron chi connectivity index (χ2n) is 7.26. The van der Waals surface area contributed by atoms with Crippen molar-refractivity contribution in [2.45, 2.75) is 24.8 Å². The standard InChI is InChI=1S/C23H18N4O2S2/c1-13-7-8-15(11-14(13)2)27-22(29)16-5-3-4-6-17(16)25-23(27)31-12-19-24-18-9-10-30-20(18)21(28)26-19/h3-11H,12H2,1-2H3,(H,24,26,28). The molecule has 0 saturated heterocycles. The molecule has 0 fully saturated rings. The van der Waals surface area contributed by atoms with E-state index in [1.165, 1.54) is 23.1 Å². The fourth-order valence-corrected chi connectivity index (χ4v) is 5.03. The molecule has 1 N–H and O–H groups in total. The van der Waals surface area contributed by atoms with Gasteiger partial charge < -0.3 is 4.98 Å². The lowest BCUT2D eigenvalue weighted by molar-refractivity contribution is 0.817. The molecular weight excluding hydrogens is 428 g/mol. The molecule has 0 radical (unpaired) electrons. The summed E-state index contributed by atoms with van der Waals surface area (Å²) in [7, 11) is 0. The van der Waals surface area contributed by atoms with Crippen LogP contribution in [0.25, 0.3) is 26.8 Å². The highest BCUT2D eigenvalue weighted by Crippen LogP contribution is 2.25. The predicted octanol–water partition coefficient (Wildman–Crippen LogP) is 4.59. The molecule has 0 saturated carbocycles. The number of thiophene rings is 1. The molecule has 0 aliphatic carbocycles. The summed E-state index contributed by atoms with van der Waals surface area (Å²) in [6.45, 7) is 4.06. The summed E-state index contributed by atoms with van der Waals surface area (Å²) < 4.78 is 2.25. The molecule has 0 aliphatic rings. The lowest BCUT2D eigenvalue weighted by atomic mass is 10.1. The minimum absolute atomic E-state index is 0.119. The molecule has 8 heteroatoms. The van der Waals surface area contributed by atoms with Crippen molar-refractivity contribution in [3.8, 4) is 5.69 Å². The number of H-pyrrole nitrogens is 1. The summed E-state index contributed by atoms with van der Waals surface area (Å²) in [6.07, 6.45) is 0. The SMILES string of the molecule is Cc1ccc(-n2c(SCc3nc4ccsc4c(=O)[nH]3)nc3ccccc3c2=O)cc1C. The molecule has 5 rings (SSSR count). The number of thioether (sulfide) groups is 1. The van der Waals surface area contributed by atoms with Crippen LogP contribution >= 0.6 is 23.1 Å². The molecule has 31 heavy (non-hydrogen) atoms. The highest BCUT2D eigenvalue weighted by atomic mass is 32.2. The van der Waals surface area contributed by atoms with Crippen LogP contribution in [0.2, 0.25) is 0 Å². The third kappa shape index (κ3) is 3.58. The maximum absolute atomic E-state index is 13.4. The molecule has 0 amide bonds. The van der Waals surface area contributed by atoms with E-state index in [-0.39, 0.29) is 11.1 Å². The largest absolute Gasteiger partial charge is 0.309 e. The zero-order chi connectivity index (χ0) is 21.5. The number of nitrogens with zero attached hydrogens (tertiary/aromatic N) is 3. The van der Waals surface area contributed by atoms with E-state index in [9.17, 15) is 9.59 Å². The molecule has 0 unspecified atom stereocenters. The summed E-state index contributed by atoms with van der Waals surface area (Å²) in [5.74, 6) is 0.936. The Labute approximate surface area is 185 Å². The van der Waals surface area contributed by atoms with E-state index in [1.807, 2.05) is 61.7 Å². The van der Waals surface area contributed by atoms with E-state index < -0.39 is 0 Å². The fraction of sp³-hybridized carbons (Fsp3) is 0.130. The average Bonchev–Trinajstić information content (AvgIpc) is 3.24. The number of hydrogen-bond donors (Lipinski definition) is 1. The number of hydrogen-bond acceptors (Lipinski definition) is 6. The fourth-order valence-electron chi connectivity index (χ4n) is 3.42. The Bertz CT molecular complexity index is 1570. The Kier molecular flexibility index (Phi) is 4.95. The van der Waals surface area contributed by atoms with E-state index in [0.29, 0.717) is 37.9 Å². The van der Waals surface area contributed by atoms with Gasteiger partial charge in [-0.25, -0.2) is 9.97 Å². The Hall–Kier alpha value is -3.23. The van der Waals surface area contributed by atoms with Crippen LogP contribution in [0.5, 0.6) is 0 Å². The molecule has 6 nitrogen and oxygen atoms in total. The highest BCUT2D eigenvalue weighted by molar-refractivity contribution is 7.98. The van der Waals surface area contributed by atoms with Crippen LogP contribution in [-0.2, 0) is 5.75 Å². The third-order valence-corrected chi connectivity index (χ3v) is 7.05. The smallest absolute Gasteiger partial charge is 0.268 e. The zero-order valence-corrected chi connectivity index (χ0v) is 18.5. The summed E-state index contributed by atoms with van der Waals surface area (Å²) in [6, 6.07) is 15.1. The molecule has 154 valence electrons. The first kappa shape index (κ1) is 19.7. The maximum Gasteiger partial charge on any atom is 0.268 e. The average molecular weight is 447 g/mol. The van der Waals surface area contributed by atoms with Crippen molar-refractivity contribution in [2.24, 2.45) is 0 Å². The lowest BCUT2D eigenvalue weighted by Crippen LogP contribution is -2.22. The molecule has 3 heterocycles. The molecule has 0 aliphatic heterocycles. The van der Waals surface area contributed by atoms with E-state index in [0.717, 1.165) is 16.8 Å². The first-order valence-corrected chi connectivity index (χ1v) is 11.6. The monoisotopic (exact) mass is 446 g/mol. The van der Waals surface area contributed by atoms with Crippen molar-refractivity contribution in [3.63, 3.8) is 0 Å². The van der Waals surface area contributed by atoms with Gasteiger partial charge >= 0.3 is 0 Å². The Morgan fingerprint density at radius 2 is 1.84 bits per heavy atom. The second kappa shape index (κ2) is 7.79. The Morgan fingerprint density at radius 3 is 2.68 bits per heavy atom. The summed E-state index contributed by atoms with van der Waals surface area (Å²) in [5.41, 5.74) is 4.09. The summed E-state index contributed by atoms with van der Waals surface area (Å²) in [5, 5.41) is 2.97. The van der Waals surface area contributed by atoms with Gasteiger partial charge in [0.25, 0.3) is 11.1 Å². The highest BCUT2D eigenvalue weighted by Gasteiger charge is 2.15. The van der Waals surface area contributed by atoms with Gasteiger partial charge in [0.1, 0.15) is 10.5 Å². The molecule has 3 aromatic heterocycles. The minimum Gasteiger partial charge on any atom is -0.309 e. The van der Waals surface area contributed by atoms with E-state index in [1.54, 1.807) is 10.6 Å². The van der Waals surface area contributed by atoms with Crippen LogP contribution in [0.15, 0.2) is 68.7 Å².